The molecule has 0 aliphatic carbocycles. The number of aliphatic hydroxyl groups excluding tert-OH is 1. The van der Waals surface area contributed by atoms with Gasteiger partial charge in [-0.1, -0.05) is 11.6 Å². The van der Waals surface area contributed by atoms with E-state index in [0.717, 1.165) is 0 Å². The van der Waals surface area contributed by atoms with E-state index in [-0.39, 0.29) is 10.7 Å². The molecule has 1 heterocycles. The van der Waals surface area contributed by atoms with Crippen LogP contribution in [0.3, 0.4) is 0 Å². The van der Waals surface area contributed by atoms with Crippen LogP contribution in [0.1, 0.15) is 31.1 Å². The Balaban J connectivity index is 3.03. The van der Waals surface area contributed by atoms with Crippen LogP contribution < -0.4 is 5.32 Å². The van der Waals surface area contributed by atoms with Gasteiger partial charge in [0.2, 0.25) is 0 Å². The van der Waals surface area contributed by atoms with Gasteiger partial charge >= 0.3 is 5.97 Å². The Morgan fingerprint density at radius 1 is 1.53 bits per heavy atom. The van der Waals surface area contributed by atoms with E-state index in [1.165, 1.54) is 12.1 Å². The van der Waals surface area contributed by atoms with Crippen molar-refractivity contribution >= 4 is 23.4 Å². The molecule has 6 heteroatoms. The highest BCUT2D eigenvalue weighted by atomic mass is 35.5. The highest BCUT2D eigenvalue weighted by Gasteiger charge is 2.24. The number of aromatic nitrogens is 1. The number of aliphatic hydroxyl groups is 1. The van der Waals surface area contributed by atoms with Gasteiger partial charge in [0.05, 0.1) is 17.2 Å². The highest BCUT2D eigenvalue weighted by Crippen LogP contribution is 2.20. The first-order valence-electron chi connectivity index (χ1n) is 5.09. The summed E-state index contributed by atoms with van der Waals surface area (Å²) in [6.45, 7) is 5.19. The predicted octanol–water partition coefficient (Wildman–Crippen LogP) is 2.00. The standard InChI is InChI=1S/C11H15ClN2O3/c1-6(15)11(2,3)14-9-5-7(10(16)17)4-8(12)13-9/h4-6,15H,1-3H3,(H,13,14)(H,16,17). The molecule has 0 bridgehead atoms. The van der Waals surface area contributed by atoms with Gasteiger partial charge in [-0.05, 0) is 32.9 Å². The van der Waals surface area contributed by atoms with E-state index in [1.54, 1.807) is 20.8 Å². The third-order valence-corrected chi connectivity index (χ3v) is 2.73. The van der Waals surface area contributed by atoms with Gasteiger partial charge in [0.25, 0.3) is 0 Å². The number of hydrogen-bond donors (Lipinski definition) is 3. The second-order valence-electron chi connectivity index (χ2n) is 4.39. The fraction of sp³-hybridized carbons (Fsp3) is 0.455. The molecule has 5 nitrogen and oxygen atoms in total. The number of carbonyl (C=O) groups is 1. The fourth-order valence-corrected chi connectivity index (χ4v) is 1.33. The number of rotatable bonds is 4. The Labute approximate surface area is 104 Å². The molecule has 1 rings (SSSR count). The van der Waals surface area contributed by atoms with E-state index in [1.807, 2.05) is 0 Å². The van der Waals surface area contributed by atoms with E-state index in [2.05, 4.69) is 10.3 Å². The van der Waals surface area contributed by atoms with Gasteiger partial charge in [0.15, 0.2) is 0 Å². The average Bonchev–Trinajstić information content (AvgIpc) is 2.15. The van der Waals surface area contributed by atoms with Gasteiger partial charge in [-0.25, -0.2) is 9.78 Å². The molecule has 94 valence electrons. The average molecular weight is 259 g/mol. The lowest BCUT2D eigenvalue weighted by Gasteiger charge is -2.30. The van der Waals surface area contributed by atoms with Crippen LogP contribution in [0.25, 0.3) is 0 Å². The van der Waals surface area contributed by atoms with Crippen molar-refractivity contribution in [3.05, 3.63) is 22.8 Å². The van der Waals surface area contributed by atoms with Gasteiger partial charge in [-0.2, -0.15) is 0 Å². The minimum Gasteiger partial charge on any atom is -0.478 e. The summed E-state index contributed by atoms with van der Waals surface area (Å²) in [7, 11) is 0. The first-order chi connectivity index (χ1) is 7.72. The summed E-state index contributed by atoms with van der Waals surface area (Å²) in [5, 5.41) is 21.5. The van der Waals surface area contributed by atoms with Gasteiger partial charge in [0.1, 0.15) is 11.0 Å². The first kappa shape index (κ1) is 13.7. The van der Waals surface area contributed by atoms with Gasteiger partial charge in [-0.15, -0.1) is 0 Å². The molecule has 0 amide bonds. The molecule has 1 unspecified atom stereocenters. The van der Waals surface area contributed by atoms with Crippen molar-refractivity contribution in [2.75, 3.05) is 5.32 Å². The third-order valence-electron chi connectivity index (χ3n) is 2.54. The molecule has 0 fully saturated rings. The van der Waals surface area contributed by atoms with Crippen molar-refractivity contribution < 1.29 is 15.0 Å². The topological polar surface area (TPSA) is 82.5 Å². The molecule has 0 spiro atoms. The maximum Gasteiger partial charge on any atom is 0.335 e. The predicted molar refractivity (Wildman–Crippen MR) is 65.6 cm³/mol. The van der Waals surface area contributed by atoms with Gasteiger partial charge in [0, 0.05) is 0 Å². The van der Waals surface area contributed by atoms with Crippen LogP contribution in [-0.2, 0) is 0 Å². The maximum atomic E-state index is 10.8. The molecule has 0 saturated heterocycles. The van der Waals surface area contributed by atoms with E-state index in [0.29, 0.717) is 5.82 Å². The zero-order valence-electron chi connectivity index (χ0n) is 9.86. The van der Waals surface area contributed by atoms with Crippen LogP contribution >= 0.6 is 11.6 Å². The summed E-state index contributed by atoms with van der Waals surface area (Å²) >= 11 is 5.73. The van der Waals surface area contributed by atoms with Crippen molar-refractivity contribution in [2.45, 2.75) is 32.4 Å². The Kier molecular flexibility index (Phi) is 3.95. The highest BCUT2D eigenvalue weighted by molar-refractivity contribution is 6.29. The molecular formula is C11H15ClN2O3. The van der Waals surface area contributed by atoms with Crippen molar-refractivity contribution in [3.63, 3.8) is 0 Å². The molecule has 1 aromatic heterocycles. The number of aromatic carboxylic acids is 1. The number of anilines is 1. The molecule has 0 aliphatic heterocycles. The summed E-state index contributed by atoms with van der Waals surface area (Å²) in [4.78, 5) is 14.8. The molecule has 0 aliphatic rings. The zero-order valence-corrected chi connectivity index (χ0v) is 10.6. The summed E-state index contributed by atoms with van der Waals surface area (Å²) in [5.74, 6) is -0.756. The Morgan fingerprint density at radius 2 is 2.12 bits per heavy atom. The Morgan fingerprint density at radius 3 is 2.59 bits per heavy atom. The summed E-state index contributed by atoms with van der Waals surface area (Å²) < 4.78 is 0. The lowest BCUT2D eigenvalue weighted by atomic mass is 9.99. The van der Waals surface area contributed by atoms with Crippen molar-refractivity contribution in [3.8, 4) is 0 Å². The Hall–Kier alpha value is -1.33. The third kappa shape index (κ3) is 3.57. The van der Waals surface area contributed by atoms with Crippen molar-refractivity contribution in [2.24, 2.45) is 0 Å². The normalized spacial score (nSPS) is 13.2. The lowest BCUT2D eigenvalue weighted by molar-refractivity contribution is 0.0697. The Bertz CT molecular complexity index is 433. The minimum atomic E-state index is -1.08. The first-order valence-corrected chi connectivity index (χ1v) is 5.47. The van der Waals surface area contributed by atoms with E-state index >= 15 is 0 Å². The lowest BCUT2D eigenvalue weighted by Crippen LogP contribution is -2.42. The van der Waals surface area contributed by atoms with Gasteiger partial charge in [-0.3, -0.25) is 0 Å². The monoisotopic (exact) mass is 258 g/mol. The molecule has 17 heavy (non-hydrogen) atoms. The molecule has 3 N–H and O–H groups in total. The van der Waals surface area contributed by atoms with Crippen LogP contribution in [-0.4, -0.2) is 32.8 Å². The van der Waals surface area contributed by atoms with Crippen LogP contribution in [0.15, 0.2) is 12.1 Å². The van der Waals surface area contributed by atoms with Crippen LogP contribution in [0.2, 0.25) is 5.15 Å². The van der Waals surface area contributed by atoms with E-state index < -0.39 is 17.6 Å². The SMILES string of the molecule is CC(O)C(C)(C)Nc1cc(C(=O)O)cc(Cl)n1. The molecule has 0 radical (unpaired) electrons. The quantitative estimate of drug-likeness (QED) is 0.720. The maximum absolute atomic E-state index is 10.8. The summed E-state index contributed by atoms with van der Waals surface area (Å²) in [6, 6.07) is 2.64. The number of carboxylic acid groups (broad SMARTS) is 1. The van der Waals surface area contributed by atoms with Gasteiger partial charge < -0.3 is 15.5 Å². The number of halogens is 1. The van der Waals surface area contributed by atoms with Crippen molar-refractivity contribution in [1.29, 1.82) is 0 Å². The number of hydrogen-bond acceptors (Lipinski definition) is 4. The molecule has 0 saturated carbocycles. The second kappa shape index (κ2) is 4.89. The summed E-state index contributed by atoms with van der Waals surface area (Å²) in [5.41, 5.74) is -0.582. The number of pyridine rings is 1. The second-order valence-corrected chi connectivity index (χ2v) is 4.78. The molecule has 1 atom stereocenters. The minimum absolute atomic E-state index is 0.0499. The van der Waals surface area contributed by atoms with Crippen LogP contribution in [0.4, 0.5) is 5.82 Å². The largest absolute Gasteiger partial charge is 0.478 e. The number of nitrogens with zero attached hydrogens (tertiary/aromatic N) is 1. The molecular weight excluding hydrogens is 244 g/mol. The van der Waals surface area contributed by atoms with E-state index in [9.17, 15) is 9.90 Å². The molecule has 1 aromatic rings. The fourth-order valence-electron chi connectivity index (χ4n) is 1.12. The van der Waals surface area contributed by atoms with Crippen LogP contribution in [0, 0.1) is 0 Å². The van der Waals surface area contributed by atoms with E-state index in [4.69, 9.17) is 16.7 Å². The van der Waals surface area contributed by atoms with Crippen molar-refractivity contribution in [1.82, 2.24) is 4.98 Å². The summed E-state index contributed by atoms with van der Waals surface area (Å²) in [6.07, 6.45) is -0.628. The number of nitrogens with one attached hydrogen (secondary N) is 1. The number of carboxylic acids is 1. The molecule has 0 aromatic carbocycles. The van der Waals surface area contributed by atoms with Crippen LogP contribution in [0.5, 0.6) is 0 Å². The zero-order chi connectivity index (χ0) is 13.2. The smallest absolute Gasteiger partial charge is 0.335 e.